The quantitative estimate of drug-likeness (QED) is 0.727. The summed E-state index contributed by atoms with van der Waals surface area (Å²) in [5.41, 5.74) is 8.07. The van der Waals surface area contributed by atoms with Crippen LogP contribution >= 0.6 is 0 Å². The lowest BCUT2D eigenvalue weighted by Crippen LogP contribution is -2.15. The second-order valence-corrected chi connectivity index (χ2v) is 3.68. The third-order valence-corrected chi connectivity index (χ3v) is 2.43. The van der Waals surface area contributed by atoms with Crippen LogP contribution in [0.5, 0.6) is 0 Å². The van der Waals surface area contributed by atoms with Gasteiger partial charge in [-0.1, -0.05) is 24.3 Å². The lowest BCUT2D eigenvalue weighted by molar-refractivity contribution is 0.687. The van der Waals surface area contributed by atoms with Gasteiger partial charge in [-0.15, -0.1) is 0 Å². The molecular weight excluding hydrogens is 160 g/mol. The Morgan fingerprint density at radius 1 is 1.15 bits per heavy atom. The first kappa shape index (κ1) is 8.73. The normalized spacial score (nSPS) is 16.1. The van der Waals surface area contributed by atoms with Crippen molar-refractivity contribution in [1.29, 1.82) is 0 Å². The van der Waals surface area contributed by atoms with Gasteiger partial charge < -0.3 is 11.1 Å². The average molecular weight is 176 g/mol. The van der Waals surface area contributed by atoms with Gasteiger partial charge in [-0.05, 0) is 24.0 Å². The van der Waals surface area contributed by atoms with Crippen molar-refractivity contribution in [3.8, 4) is 0 Å². The van der Waals surface area contributed by atoms with E-state index in [4.69, 9.17) is 5.73 Å². The van der Waals surface area contributed by atoms with E-state index in [0.29, 0.717) is 6.54 Å². The van der Waals surface area contributed by atoms with Crippen LogP contribution in [0.1, 0.15) is 24.0 Å². The van der Waals surface area contributed by atoms with Crippen molar-refractivity contribution in [2.75, 3.05) is 0 Å². The maximum atomic E-state index is 5.52. The Hall–Kier alpha value is -0.860. The second kappa shape index (κ2) is 3.90. The molecule has 2 rings (SSSR count). The van der Waals surface area contributed by atoms with Crippen LogP contribution in [0, 0.1) is 0 Å². The standard InChI is InChI=1S/C11H16N2/c12-7-9-1-3-10(4-2-9)8-13-11-5-6-11/h1-4,11,13H,5-8,12H2. The van der Waals surface area contributed by atoms with Gasteiger partial charge in [0.15, 0.2) is 0 Å². The zero-order valence-electron chi connectivity index (χ0n) is 7.79. The molecule has 0 amide bonds. The molecule has 1 aliphatic rings. The molecule has 2 nitrogen and oxygen atoms in total. The number of nitrogens with one attached hydrogen (secondary N) is 1. The van der Waals surface area contributed by atoms with Gasteiger partial charge >= 0.3 is 0 Å². The number of hydrogen-bond acceptors (Lipinski definition) is 2. The summed E-state index contributed by atoms with van der Waals surface area (Å²) >= 11 is 0. The molecule has 0 saturated heterocycles. The Bertz CT molecular complexity index is 262. The molecule has 1 aromatic carbocycles. The van der Waals surface area contributed by atoms with E-state index in [2.05, 4.69) is 29.6 Å². The lowest BCUT2D eigenvalue weighted by atomic mass is 10.1. The summed E-state index contributed by atoms with van der Waals surface area (Å²) in [5, 5.41) is 3.48. The van der Waals surface area contributed by atoms with Crippen LogP contribution in [-0.4, -0.2) is 6.04 Å². The molecule has 70 valence electrons. The summed E-state index contributed by atoms with van der Waals surface area (Å²) in [6.45, 7) is 1.63. The molecule has 0 bridgehead atoms. The first-order valence-corrected chi connectivity index (χ1v) is 4.90. The van der Waals surface area contributed by atoms with Crippen LogP contribution in [0.25, 0.3) is 0 Å². The first-order chi connectivity index (χ1) is 6.38. The Kier molecular flexibility index (Phi) is 2.62. The smallest absolute Gasteiger partial charge is 0.0208 e. The van der Waals surface area contributed by atoms with Crippen molar-refractivity contribution >= 4 is 0 Å². The van der Waals surface area contributed by atoms with Crippen LogP contribution in [-0.2, 0) is 13.1 Å². The minimum Gasteiger partial charge on any atom is -0.326 e. The van der Waals surface area contributed by atoms with E-state index in [1.165, 1.54) is 24.0 Å². The van der Waals surface area contributed by atoms with E-state index in [-0.39, 0.29) is 0 Å². The van der Waals surface area contributed by atoms with Crippen LogP contribution in [0.4, 0.5) is 0 Å². The molecule has 1 aliphatic carbocycles. The van der Waals surface area contributed by atoms with Gasteiger partial charge in [0.25, 0.3) is 0 Å². The van der Waals surface area contributed by atoms with E-state index >= 15 is 0 Å². The van der Waals surface area contributed by atoms with Crippen molar-refractivity contribution in [3.05, 3.63) is 35.4 Å². The summed E-state index contributed by atoms with van der Waals surface area (Å²) < 4.78 is 0. The van der Waals surface area contributed by atoms with Gasteiger partial charge in [0.05, 0.1) is 0 Å². The van der Waals surface area contributed by atoms with Gasteiger partial charge in [0.1, 0.15) is 0 Å². The molecule has 1 fully saturated rings. The maximum absolute atomic E-state index is 5.52. The summed E-state index contributed by atoms with van der Waals surface area (Å²) in [6.07, 6.45) is 2.70. The SMILES string of the molecule is NCc1ccc(CNC2CC2)cc1. The third kappa shape index (κ3) is 2.54. The highest BCUT2D eigenvalue weighted by Crippen LogP contribution is 2.19. The van der Waals surface area contributed by atoms with Crippen LogP contribution in [0.3, 0.4) is 0 Å². The molecule has 0 aromatic heterocycles. The van der Waals surface area contributed by atoms with Crippen molar-refractivity contribution in [2.24, 2.45) is 5.73 Å². The summed E-state index contributed by atoms with van der Waals surface area (Å²) in [5.74, 6) is 0. The Labute approximate surface area is 79.1 Å². The van der Waals surface area contributed by atoms with Gasteiger partial charge in [-0.3, -0.25) is 0 Å². The Balaban J connectivity index is 1.88. The van der Waals surface area contributed by atoms with Crippen molar-refractivity contribution < 1.29 is 0 Å². The zero-order chi connectivity index (χ0) is 9.10. The van der Waals surface area contributed by atoms with Crippen molar-refractivity contribution in [2.45, 2.75) is 32.0 Å². The van der Waals surface area contributed by atoms with Gasteiger partial charge in [0, 0.05) is 19.1 Å². The van der Waals surface area contributed by atoms with E-state index in [9.17, 15) is 0 Å². The fraction of sp³-hybridized carbons (Fsp3) is 0.455. The summed E-state index contributed by atoms with van der Waals surface area (Å²) in [7, 11) is 0. The molecular formula is C11H16N2. The van der Waals surface area contributed by atoms with Gasteiger partial charge in [-0.2, -0.15) is 0 Å². The fourth-order valence-corrected chi connectivity index (χ4v) is 1.34. The third-order valence-electron chi connectivity index (χ3n) is 2.43. The largest absolute Gasteiger partial charge is 0.326 e. The van der Waals surface area contributed by atoms with Crippen molar-refractivity contribution in [1.82, 2.24) is 5.32 Å². The average Bonchev–Trinajstić information content (AvgIpc) is 2.99. The summed E-state index contributed by atoms with van der Waals surface area (Å²) in [6, 6.07) is 9.29. The minimum absolute atomic E-state index is 0.635. The zero-order valence-corrected chi connectivity index (χ0v) is 7.79. The lowest BCUT2D eigenvalue weighted by Gasteiger charge is -2.03. The van der Waals surface area contributed by atoms with Gasteiger partial charge in [-0.25, -0.2) is 0 Å². The van der Waals surface area contributed by atoms with Gasteiger partial charge in [0.2, 0.25) is 0 Å². The molecule has 1 aromatic rings. The monoisotopic (exact) mass is 176 g/mol. The molecule has 0 radical (unpaired) electrons. The highest BCUT2D eigenvalue weighted by molar-refractivity contribution is 5.22. The number of nitrogens with two attached hydrogens (primary N) is 1. The fourth-order valence-electron chi connectivity index (χ4n) is 1.34. The summed E-state index contributed by atoms with van der Waals surface area (Å²) in [4.78, 5) is 0. The molecule has 2 heteroatoms. The number of rotatable bonds is 4. The molecule has 1 saturated carbocycles. The maximum Gasteiger partial charge on any atom is 0.0208 e. The van der Waals surface area contributed by atoms with E-state index < -0.39 is 0 Å². The predicted molar refractivity (Wildman–Crippen MR) is 54.2 cm³/mol. The van der Waals surface area contributed by atoms with Crippen molar-refractivity contribution in [3.63, 3.8) is 0 Å². The molecule has 0 aliphatic heterocycles. The Morgan fingerprint density at radius 2 is 1.77 bits per heavy atom. The minimum atomic E-state index is 0.635. The number of benzene rings is 1. The Morgan fingerprint density at radius 3 is 2.31 bits per heavy atom. The molecule has 0 unspecified atom stereocenters. The topological polar surface area (TPSA) is 38.0 Å². The van der Waals surface area contributed by atoms with Crippen LogP contribution < -0.4 is 11.1 Å². The van der Waals surface area contributed by atoms with Crippen LogP contribution in [0.15, 0.2) is 24.3 Å². The number of hydrogen-bond donors (Lipinski definition) is 2. The predicted octanol–water partition coefficient (Wildman–Crippen LogP) is 1.40. The molecule has 3 N–H and O–H groups in total. The van der Waals surface area contributed by atoms with Crippen LogP contribution in [0.2, 0.25) is 0 Å². The molecule has 0 heterocycles. The van der Waals surface area contributed by atoms with E-state index in [1.54, 1.807) is 0 Å². The molecule has 0 spiro atoms. The van der Waals surface area contributed by atoms with E-state index in [0.717, 1.165) is 12.6 Å². The molecule has 0 atom stereocenters. The second-order valence-electron chi connectivity index (χ2n) is 3.68. The highest BCUT2D eigenvalue weighted by Gasteiger charge is 2.19. The van der Waals surface area contributed by atoms with E-state index in [1.807, 2.05) is 0 Å². The molecule has 13 heavy (non-hydrogen) atoms. The highest BCUT2D eigenvalue weighted by atomic mass is 14.9. The first-order valence-electron chi connectivity index (χ1n) is 4.90.